The van der Waals surface area contributed by atoms with Crippen molar-refractivity contribution in [3.63, 3.8) is 0 Å². The lowest BCUT2D eigenvalue weighted by Crippen LogP contribution is -2.37. The molecular formula is C21H31IN4O. The van der Waals surface area contributed by atoms with Crippen molar-refractivity contribution in [2.75, 3.05) is 20.2 Å². The number of hydrogen-bond acceptors (Lipinski definition) is 3. The van der Waals surface area contributed by atoms with Crippen LogP contribution in [0.2, 0.25) is 0 Å². The summed E-state index contributed by atoms with van der Waals surface area (Å²) in [5.74, 6) is 0.815. The Balaban J connectivity index is 0.00000261. The quantitative estimate of drug-likeness (QED) is 0.268. The molecule has 1 saturated carbocycles. The molecule has 0 amide bonds. The van der Waals surface area contributed by atoms with E-state index in [-0.39, 0.29) is 24.0 Å². The minimum atomic E-state index is 0. The van der Waals surface area contributed by atoms with Crippen LogP contribution >= 0.6 is 24.0 Å². The average molecular weight is 482 g/mol. The zero-order valence-corrected chi connectivity index (χ0v) is 18.4. The largest absolute Gasteiger partial charge is 0.378 e. The zero-order valence-electron chi connectivity index (χ0n) is 16.1. The van der Waals surface area contributed by atoms with E-state index in [1.165, 1.54) is 37.7 Å². The van der Waals surface area contributed by atoms with Crippen LogP contribution in [0.4, 0.5) is 0 Å². The molecule has 0 spiro atoms. The SMILES string of the molecule is CN=C(NCCCOC1CCCCC1)NCc1cccc2cccnc12.I. The minimum Gasteiger partial charge on any atom is -0.378 e. The lowest BCUT2D eigenvalue weighted by molar-refractivity contribution is 0.0277. The standard InChI is InChI=1S/C21H30N4O.HI/c1-22-21(24-14-7-15-26-19-11-3-2-4-12-19)25-16-18-9-5-8-17-10-6-13-23-20(17)18;/h5-6,8-10,13,19H,2-4,7,11-12,14-16H2,1H3,(H2,22,24,25);1H. The molecule has 2 aromatic rings. The molecule has 0 aliphatic heterocycles. The number of aromatic nitrogens is 1. The number of pyridine rings is 1. The van der Waals surface area contributed by atoms with Gasteiger partial charge in [0.05, 0.1) is 11.6 Å². The lowest BCUT2D eigenvalue weighted by Gasteiger charge is -2.22. The van der Waals surface area contributed by atoms with E-state index < -0.39 is 0 Å². The summed E-state index contributed by atoms with van der Waals surface area (Å²) in [6.45, 7) is 2.38. The summed E-state index contributed by atoms with van der Waals surface area (Å²) in [6, 6.07) is 10.3. The average Bonchev–Trinajstić information content (AvgIpc) is 2.71. The van der Waals surface area contributed by atoms with E-state index in [4.69, 9.17) is 4.74 Å². The first-order valence-electron chi connectivity index (χ1n) is 9.75. The molecule has 0 bridgehead atoms. The Bertz CT molecular complexity index is 711. The summed E-state index contributed by atoms with van der Waals surface area (Å²) in [5, 5.41) is 7.90. The second-order valence-corrected chi connectivity index (χ2v) is 6.83. The van der Waals surface area contributed by atoms with Gasteiger partial charge in [-0.25, -0.2) is 0 Å². The first-order valence-corrected chi connectivity index (χ1v) is 9.75. The molecule has 1 aromatic heterocycles. The van der Waals surface area contributed by atoms with Crippen molar-refractivity contribution >= 4 is 40.8 Å². The molecule has 5 nitrogen and oxygen atoms in total. The molecule has 1 aliphatic carbocycles. The van der Waals surface area contributed by atoms with Gasteiger partial charge in [-0.05, 0) is 30.9 Å². The Hall–Kier alpha value is -1.41. The summed E-state index contributed by atoms with van der Waals surface area (Å²) >= 11 is 0. The van der Waals surface area contributed by atoms with Gasteiger partial charge in [-0.3, -0.25) is 9.98 Å². The Morgan fingerprint density at radius 3 is 2.78 bits per heavy atom. The third kappa shape index (κ3) is 6.92. The molecule has 0 atom stereocenters. The Kier molecular flexibility index (Phi) is 9.83. The smallest absolute Gasteiger partial charge is 0.191 e. The molecule has 0 saturated heterocycles. The first-order chi connectivity index (χ1) is 12.9. The molecule has 6 heteroatoms. The van der Waals surface area contributed by atoms with Crippen LogP contribution in [-0.2, 0) is 11.3 Å². The number of fused-ring (bicyclic) bond motifs is 1. The number of guanidine groups is 1. The van der Waals surface area contributed by atoms with Crippen LogP contribution in [0, 0.1) is 0 Å². The fourth-order valence-electron chi connectivity index (χ4n) is 3.47. The predicted molar refractivity (Wildman–Crippen MR) is 123 cm³/mol. The maximum absolute atomic E-state index is 5.97. The van der Waals surface area contributed by atoms with Crippen molar-refractivity contribution in [3.05, 3.63) is 42.1 Å². The summed E-state index contributed by atoms with van der Waals surface area (Å²) in [4.78, 5) is 8.80. The number of benzene rings is 1. The van der Waals surface area contributed by atoms with Crippen LogP contribution in [0.5, 0.6) is 0 Å². The van der Waals surface area contributed by atoms with Gasteiger partial charge < -0.3 is 15.4 Å². The van der Waals surface area contributed by atoms with E-state index in [2.05, 4.69) is 44.9 Å². The van der Waals surface area contributed by atoms with Gasteiger partial charge in [-0.2, -0.15) is 0 Å². The molecule has 0 radical (unpaired) electrons. The van der Waals surface area contributed by atoms with Gasteiger partial charge in [-0.15, -0.1) is 24.0 Å². The monoisotopic (exact) mass is 482 g/mol. The fourth-order valence-corrected chi connectivity index (χ4v) is 3.47. The summed E-state index contributed by atoms with van der Waals surface area (Å²) < 4.78 is 5.97. The van der Waals surface area contributed by atoms with Gasteiger partial charge in [0.25, 0.3) is 0 Å². The highest BCUT2D eigenvalue weighted by molar-refractivity contribution is 14.0. The highest BCUT2D eigenvalue weighted by atomic mass is 127. The van der Waals surface area contributed by atoms with Crippen molar-refractivity contribution in [2.45, 2.75) is 51.2 Å². The maximum atomic E-state index is 5.97. The molecule has 3 rings (SSSR count). The number of aliphatic imine (C=N–C) groups is 1. The van der Waals surface area contributed by atoms with Crippen molar-refractivity contribution < 1.29 is 4.74 Å². The number of hydrogen-bond donors (Lipinski definition) is 2. The summed E-state index contributed by atoms with van der Waals surface area (Å²) in [6.07, 6.45) is 9.80. The molecule has 148 valence electrons. The fraction of sp³-hybridized carbons (Fsp3) is 0.524. The minimum absolute atomic E-state index is 0. The molecule has 1 fully saturated rings. The topological polar surface area (TPSA) is 58.5 Å². The van der Waals surface area contributed by atoms with E-state index >= 15 is 0 Å². The van der Waals surface area contributed by atoms with Crippen LogP contribution in [-0.4, -0.2) is 37.2 Å². The number of rotatable bonds is 7. The third-order valence-electron chi connectivity index (χ3n) is 4.91. The highest BCUT2D eigenvalue weighted by Gasteiger charge is 2.13. The highest BCUT2D eigenvalue weighted by Crippen LogP contribution is 2.20. The molecule has 1 heterocycles. The van der Waals surface area contributed by atoms with E-state index in [9.17, 15) is 0 Å². The van der Waals surface area contributed by atoms with Crippen LogP contribution < -0.4 is 10.6 Å². The normalized spacial score (nSPS) is 15.4. The van der Waals surface area contributed by atoms with E-state index in [1.807, 2.05) is 12.3 Å². The lowest BCUT2D eigenvalue weighted by atomic mass is 9.98. The molecular weight excluding hydrogens is 451 g/mol. The zero-order chi connectivity index (χ0) is 18.0. The van der Waals surface area contributed by atoms with Gasteiger partial charge in [-0.1, -0.05) is 43.5 Å². The number of para-hydroxylation sites is 1. The first kappa shape index (κ1) is 21.9. The van der Waals surface area contributed by atoms with Crippen molar-refractivity contribution in [2.24, 2.45) is 4.99 Å². The van der Waals surface area contributed by atoms with Gasteiger partial charge in [0.15, 0.2) is 5.96 Å². The molecule has 27 heavy (non-hydrogen) atoms. The Morgan fingerprint density at radius 2 is 1.96 bits per heavy atom. The summed E-state index contributed by atoms with van der Waals surface area (Å²) in [5.41, 5.74) is 2.21. The van der Waals surface area contributed by atoms with Crippen LogP contribution in [0.1, 0.15) is 44.1 Å². The second-order valence-electron chi connectivity index (χ2n) is 6.83. The van der Waals surface area contributed by atoms with Crippen LogP contribution in [0.15, 0.2) is 41.5 Å². The van der Waals surface area contributed by atoms with Crippen molar-refractivity contribution in [3.8, 4) is 0 Å². The van der Waals surface area contributed by atoms with Gasteiger partial charge in [0.2, 0.25) is 0 Å². The van der Waals surface area contributed by atoms with Crippen LogP contribution in [0.25, 0.3) is 10.9 Å². The van der Waals surface area contributed by atoms with Gasteiger partial charge in [0, 0.05) is 38.3 Å². The van der Waals surface area contributed by atoms with Crippen LogP contribution in [0.3, 0.4) is 0 Å². The molecule has 2 N–H and O–H groups in total. The predicted octanol–water partition coefficient (Wildman–Crippen LogP) is 4.26. The van der Waals surface area contributed by atoms with Crippen molar-refractivity contribution in [1.82, 2.24) is 15.6 Å². The third-order valence-corrected chi connectivity index (χ3v) is 4.91. The van der Waals surface area contributed by atoms with E-state index in [0.29, 0.717) is 12.6 Å². The number of nitrogens with zero attached hydrogens (tertiary/aromatic N) is 2. The van der Waals surface area contributed by atoms with Crippen molar-refractivity contribution in [1.29, 1.82) is 0 Å². The number of halogens is 1. The van der Waals surface area contributed by atoms with E-state index in [0.717, 1.165) is 36.4 Å². The molecule has 1 aliphatic rings. The van der Waals surface area contributed by atoms with Gasteiger partial charge >= 0.3 is 0 Å². The van der Waals surface area contributed by atoms with Gasteiger partial charge in [0.1, 0.15) is 0 Å². The maximum Gasteiger partial charge on any atom is 0.191 e. The molecule has 1 aromatic carbocycles. The second kappa shape index (κ2) is 12.1. The Morgan fingerprint density at radius 1 is 1.15 bits per heavy atom. The number of nitrogens with one attached hydrogen (secondary N) is 2. The molecule has 0 unspecified atom stereocenters. The Labute approximate surface area is 179 Å². The summed E-state index contributed by atoms with van der Waals surface area (Å²) in [7, 11) is 1.80. The number of ether oxygens (including phenoxy) is 1. The van der Waals surface area contributed by atoms with E-state index in [1.54, 1.807) is 7.05 Å².